The van der Waals surface area contributed by atoms with Crippen LogP contribution in [0, 0.1) is 12.8 Å². The number of nitrogens with zero attached hydrogens (tertiary/aromatic N) is 2. The largest absolute Gasteiger partial charge is 0.469 e. The summed E-state index contributed by atoms with van der Waals surface area (Å²) in [4.78, 5) is 54.3. The molecule has 1 fully saturated rings. The number of halogens is 3. The number of benzene rings is 2. The molecule has 1 N–H and O–H groups in total. The molecule has 6 rings (SSSR count). The predicted molar refractivity (Wildman–Crippen MR) is 146 cm³/mol. The molecule has 41 heavy (non-hydrogen) atoms. The van der Waals surface area contributed by atoms with Gasteiger partial charge in [0, 0.05) is 5.69 Å². The molecule has 2 aliphatic heterocycles. The summed E-state index contributed by atoms with van der Waals surface area (Å²) in [6.45, 7) is 1.49. The highest BCUT2D eigenvalue weighted by molar-refractivity contribution is 8.00. The van der Waals surface area contributed by atoms with Gasteiger partial charge in [0.25, 0.3) is 0 Å². The maximum absolute atomic E-state index is 13.8. The van der Waals surface area contributed by atoms with E-state index in [0.29, 0.717) is 21.4 Å². The lowest BCUT2D eigenvalue weighted by Gasteiger charge is -2.29. The lowest BCUT2D eigenvalue weighted by Crippen LogP contribution is -2.32. The number of hydrogen-bond donors (Lipinski definition) is 1. The van der Waals surface area contributed by atoms with E-state index in [1.165, 1.54) is 16.9 Å². The van der Waals surface area contributed by atoms with Gasteiger partial charge in [-0.1, -0.05) is 47.4 Å². The zero-order valence-corrected chi connectivity index (χ0v) is 22.8. The van der Waals surface area contributed by atoms with Gasteiger partial charge < -0.3 is 9.73 Å². The minimum atomic E-state index is -4.67. The fourth-order valence-corrected chi connectivity index (χ4v) is 7.91. The van der Waals surface area contributed by atoms with Crippen molar-refractivity contribution in [3.63, 3.8) is 0 Å². The third-order valence-corrected chi connectivity index (χ3v) is 9.66. The average molecular weight is 600 g/mol. The van der Waals surface area contributed by atoms with Crippen LogP contribution in [0.1, 0.15) is 27.7 Å². The molecule has 4 aromatic rings. The van der Waals surface area contributed by atoms with Crippen LogP contribution in [0.3, 0.4) is 0 Å². The van der Waals surface area contributed by atoms with Gasteiger partial charge in [-0.15, -0.1) is 0 Å². The number of thiazole rings is 1. The third kappa shape index (κ3) is 4.68. The predicted octanol–water partition coefficient (Wildman–Crippen LogP) is 5.26. The highest BCUT2D eigenvalue weighted by Gasteiger charge is 2.57. The average Bonchev–Trinajstić information content (AvgIpc) is 3.62. The molecule has 13 heteroatoms. The standard InChI is InChI=1S/C28H20F3N3O5S2/c1-14-6-2-3-9-17(14)32-19(35)13-33-26-23(41-27(33)38)20(18-10-5-11-39-18)21-22(40-26)25(37)34(24(21)36)16-8-4-7-15(12-16)28(29,30)31/h2-12,20-22H,13H2,1H3,(H,32,35). The van der Waals surface area contributed by atoms with Crippen molar-refractivity contribution in [2.75, 3.05) is 10.2 Å². The summed E-state index contributed by atoms with van der Waals surface area (Å²) in [6, 6.07) is 14.4. The first kappa shape index (κ1) is 27.1. The van der Waals surface area contributed by atoms with Gasteiger partial charge in [0.2, 0.25) is 17.7 Å². The summed E-state index contributed by atoms with van der Waals surface area (Å²) >= 11 is 1.81. The number of aryl methyl sites for hydroxylation is 1. The molecule has 3 amide bonds. The monoisotopic (exact) mass is 599 g/mol. The number of rotatable bonds is 5. The van der Waals surface area contributed by atoms with Crippen molar-refractivity contribution in [3.05, 3.63) is 98.4 Å². The molecule has 3 unspecified atom stereocenters. The SMILES string of the molecule is Cc1ccccc1NC(=O)Cn1c2c(sc1=O)C(c1ccco1)C1C(=O)N(c3cccc(C(F)(F)F)c3)C(=O)C1S2. The number of thioether (sulfide) groups is 1. The van der Waals surface area contributed by atoms with Crippen LogP contribution in [-0.4, -0.2) is 27.5 Å². The van der Waals surface area contributed by atoms with E-state index in [9.17, 15) is 32.3 Å². The van der Waals surface area contributed by atoms with E-state index in [2.05, 4.69) is 5.32 Å². The number of furan rings is 1. The van der Waals surface area contributed by atoms with Crippen LogP contribution in [0.25, 0.3) is 0 Å². The molecule has 0 radical (unpaired) electrons. The second-order valence-electron chi connectivity index (χ2n) is 9.60. The lowest BCUT2D eigenvalue weighted by molar-refractivity contribution is -0.137. The van der Waals surface area contributed by atoms with Crippen molar-refractivity contribution in [1.82, 2.24) is 4.57 Å². The van der Waals surface area contributed by atoms with Crippen LogP contribution in [0.5, 0.6) is 0 Å². The molecule has 0 bridgehead atoms. The van der Waals surface area contributed by atoms with Crippen molar-refractivity contribution < 1.29 is 32.0 Å². The fourth-order valence-electron chi connectivity index (χ4n) is 5.15. The third-order valence-electron chi connectivity index (χ3n) is 7.05. The van der Waals surface area contributed by atoms with Crippen LogP contribution in [-0.2, 0) is 27.1 Å². The Bertz CT molecular complexity index is 1740. The Morgan fingerprint density at radius 3 is 2.51 bits per heavy atom. The van der Waals surface area contributed by atoms with Gasteiger partial charge in [-0.25, -0.2) is 4.90 Å². The Balaban J connectivity index is 1.39. The summed E-state index contributed by atoms with van der Waals surface area (Å²) in [6.07, 6.45) is -3.27. The maximum Gasteiger partial charge on any atom is 0.416 e. The fraction of sp³-hybridized carbons (Fsp3) is 0.214. The summed E-state index contributed by atoms with van der Waals surface area (Å²) in [5, 5.41) is 2.07. The summed E-state index contributed by atoms with van der Waals surface area (Å²) in [7, 11) is 0. The number of nitrogens with one attached hydrogen (secondary N) is 1. The van der Waals surface area contributed by atoms with Gasteiger partial charge in [-0.2, -0.15) is 13.2 Å². The normalized spacial score (nSPS) is 20.2. The summed E-state index contributed by atoms with van der Waals surface area (Å²) in [5.74, 6) is -3.42. The molecule has 3 atom stereocenters. The summed E-state index contributed by atoms with van der Waals surface area (Å²) < 4.78 is 47.1. The van der Waals surface area contributed by atoms with Crippen LogP contribution >= 0.6 is 23.1 Å². The highest BCUT2D eigenvalue weighted by Crippen LogP contribution is 2.54. The molecule has 8 nitrogen and oxygen atoms in total. The molecule has 0 spiro atoms. The smallest absolute Gasteiger partial charge is 0.416 e. The van der Waals surface area contributed by atoms with E-state index in [1.807, 2.05) is 19.1 Å². The number of para-hydroxylation sites is 1. The Hall–Kier alpha value is -4.10. The second-order valence-corrected chi connectivity index (χ2v) is 11.7. The van der Waals surface area contributed by atoms with Gasteiger partial charge in [0.05, 0.1) is 39.3 Å². The van der Waals surface area contributed by atoms with Crippen molar-refractivity contribution in [3.8, 4) is 0 Å². The molecular weight excluding hydrogens is 579 g/mol. The number of alkyl halides is 3. The van der Waals surface area contributed by atoms with Crippen molar-refractivity contribution >= 4 is 52.2 Å². The first-order chi connectivity index (χ1) is 19.5. The zero-order chi connectivity index (χ0) is 29.1. The van der Waals surface area contributed by atoms with E-state index in [-0.39, 0.29) is 12.2 Å². The Morgan fingerprint density at radius 1 is 1.02 bits per heavy atom. The summed E-state index contributed by atoms with van der Waals surface area (Å²) in [5.41, 5.74) is 0.235. The molecule has 2 aromatic carbocycles. The molecule has 2 aliphatic rings. The number of hydrogen-bond acceptors (Lipinski definition) is 7. The minimum Gasteiger partial charge on any atom is -0.469 e. The molecule has 0 aliphatic carbocycles. The number of aromatic nitrogens is 1. The van der Waals surface area contributed by atoms with E-state index in [0.717, 1.165) is 51.8 Å². The molecule has 210 valence electrons. The number of carbonyl (C=O) groups is 3. The lowest BCUT2D eigenvalue weighted by atomic mass is 9.87. The van der Waals surface area contributed by atoms with E-state index < -0.39 is 51.4 Å². The number of imide groups is 1. The molecule has 0 saturated carbocycles. The quantitative estimate of drug-likeness (QED) is 0.314. The second kappa shape index (κ2) is 10.1. The van der Waals surface area contributed by atoms with E-state index in [4.69, 9.17) is 4.42 Å². The number of fused-ring (bicyclic) bond motifs is 2. The van der Waals surface area contributed by atoms with Crippen LogP contribution in [0.15, 0.2) is 81.2 Å². The van der Waals surface area contributed by atoms with Crippen LogP contribution < -0.4 is 15.1 Å². The first-order valence-electron chi connectivity index (χ1n) is 12.4. The Morgan fingerprint density at radius 2 is 1.80 bits per heavy atom. The van der Waals surface area contributed by atoms with E-state index in [1.54, 1.807) is 24.3 Å². The maximum atomic E-state index is 13.8. The van der Waals surface area contributed by atoms with Crippen molar-refractivity contribution in [2.45, 2.75) is 35.8 Å². The minimum absolute atomic E-state index is 0.193. The molecule has 1 saturated heterocycles. The van der Waals surface area contributed by atoms with Gasteiger partial charge in [0.15, 0.2) is 0 Å². The molecular formula is C28H20F3N3O5S2. The molecule has 4 heterocycles. The van der Waals surface area contributed by atoms with Gasteiger partial charge in [-0.3, -0.25) is 23.7 Å². The van der Waals surface area contributed by atoms with Gasteiger partial charge >= 0.3 is 11.0 Å². The van der Waals surface area contributed by atoms with Gasteiger partial charge in [0.1, 0.15) is 17.6 Å². The van der Waals surface area contributed by atoms with Crippen molar-refractivity contribution in [2.24, 2.45) is 5.92 Å². The number of amides is 3. The first-order valence-corrected chi connectivity index (χ1v) is 14.1. The van der Waals surface area contributed by atoms with Gasteiger partial charge in [-0.05, 0) is 48.9 Å². The number of anilines is 2. The topological polar surface area (TPSA) is 102 Å². The Labute approximate surface area is 238 Å². The van der Waals surface area contributed by atoms with E-state index >= 15 is 0 Å². The van der Waals surface area contributed by atoms with Crippen molar-refractivity contribution in [1.29, 1.82) is 0 Å². The highest BCUT2D eigenvalue weighted by atomic mass is 32.2. The number of carbonyl (C=O) groups excluding carboxylic acids is 3. The Kier molecular flexibility index (Phi) is 6.65. The van der Waals surface area contributed by atoms with Crippen LogP contribution in [0.4, 0.5) is 24.5 Å². The molecule has 2 aromatic heterocycles. The zero-order valence-electron chi connectivity index (χ0n) is 21.2. The van der Waals surface area contributed by atoms with Crippen LogP contribution in [0.2, 0.25) is 0 Å².